The number of carbonyl (C=O) groups excluding carboxylic acids is 1. The molecule has 0 spiro atoms. The zero-order chi connectivity index (χ0) is 18.0. The van der Waals surface area contributed by atoms with Crippen LogP contribution in [0.15, 0.2) is 18.2 Å². The molecule has 25 heavy (non-hydrogen) atoms. The molecule has 1 saturated carbocycles. The molecule has 1 aliphatic carbocycles. The van der Waals surface area contributed by atoms with Crippen LogP contribution in [0.25, 0.3) is 0 Å². The van der Waals surface area contributed by atoms with E-state index >= 15 is 0 Å². The number of hydrogen-bond acceptors (Lipinski definition) is 3. The molecule has 3 unspecified atom stereocenters. The number of nitrogens with one attached hydrogen (secondary N) is 1. The Labute approximate surface area is 145 Å². The molecule has 136 valence electrons. The van der Waals surface area contributed by atoms with Crippen LogP contribution >= 0.6 is 0 Å². The highest BCUT2D eigenvalue weighted by Gasteiger charge is 2.45. The molecule has 2 N–H and O–H groups in total. The third-order valence-electron chi connectivity index (χ3n) is 5.24. The summed E-state index contributed by atoms with van der Waals surface area (Å²) in [5, 5.41) is 12.1. The van der Waals surface area contributed by atoms with Gasteiger partial charge in [0.15, 0.2) is 0 Å². The summed E-state index contributed by atoms with van der Waals surface area (Å²) in [4.78, 5) is 25.6. The van der Waals surface area contributed by atoms with Gasteiger partial charge in [-0.3, -0.25) is 14.5 Å². The number of carboxylic acid groups (broad SMARTS) is 1. The molecule has 2 fully saturated rings. The summed E-state index contributed by atoms with van der Waals surface area (Å²) in [5.74, 6) is -2.28. The van der Waals surface area contributed by atoms with Crippen LogP contribution in [0.2, 0.25) is 0 Å². The molecule has 1 saturated heterocycles. The van der Waals surface area contributed by atoms with Crippen molar-refractivity contribution < 1.29 is 23.5 Å². The summed E-state index contributed by atoms with van der Waals surface area (Å²) in [7, 11) is 0. The molecule has 1 amide bonds. The van der Waals surface area contributed by atoms with Gasteiger partial charge in [0.2, 0.25) is 5.91 Å². The summed E-state index contributed by atoms with van der Waals surface area (Å²) in [5.41, 5.74) is 0.331. The van der Waals surface area contributed by atoms with Crippen LogP contribution in [0.4, 0.5) is 8.78 Å². The Hall–Kier alpha value is -2.02. The average Bonchev–Trinajstić information content (AvgIpc) is 2.91. The third-order valence-corrected chi connectivity index (χ3v) is 5.24. The van der Waals surface area contributed by atoms with Crippen LogP contribution in [0.3, 0.4) is 0 Å². The highest BCUT2D eigenvalue weighted by atomic mass is 19.1. The Morgan fingerprint density at radius 2 is 1.84 bits per heavy atom. The van der Waals surface area contributed by atoms with Gasteiger partial charge in [0.25, 0.3) is 0 Å². The number of aliphatic carboxylic acids is 1. The molecule has 2 aliphatic rings. The van der Waals surface area contributed by atoms with Gasteiger partial charge in [0.1, 0.15) is 17.7 Å². The van der Waals surface area contributed by atoms with E-state index in [1.807, 2.05) is 0 Å². The fourth-order valence-electron chi connectivity index (χ4n) is 4.16. The van der Waals surface area contributed by atoms with Crippen molar-refractivity contribution in [2.45, 2.75) is 50.7 Å². The maximum absolute atomic E-state index is 13.2. The van der Waals surface area contributed by atoms with E-state index in [1.165, 1.54) is 0 Å². The minimum atomic E-state index is -0.894. The number of likely N-dealkylation sites (tertiary alicyclic amines) is 1. The van der Waals surface area contributed by atoms with E-state index in [1.54, 1.807) is 4.90 Å². The number of hydrogen-bond donors (Lipinski definition) is 2. The molecule has 0 aromatic heterocycles. The number of carboxylic acids is 1. The van der Waals surface area contributed by atoms with Gasteiger partial charge in [0, 0.05) is 18.7 Å². The van der Waals surface area contributed by atoms with E-state index in [0.29, 0.717) is 17.9 Å². The lowest BCUT2D eigenvalue weighted by Crippen LogP contribution is -2.47. The Morgan fingerprint density at radius 1 is 1.16 bits per heavy atom. The minimum absolute atomic E-state index is 0.00404. The van der Waals surface area contributed by atoms with Crippen molar-refractivity contribution in [2.75, 3.05) is 6.54 Å². The average molecular weight is 352 g/mol. The van der Waals surface area contributed by atoms with E-state index < -0.39 is 23.6 Å². The predicted octanol–water partition coefficient (Wildman–Crippen LogP) is 2.30. The van der Waals surface area contributed by atoms with Crippen LogP contribution in [0.5, 0.6) is 0 Å². The lowest BCUT2D eigenvalue weighted by atomic mass is 9.85. The first-order valence-corrected chi connectivity index (χ1v) is 8.64. The van der Waals surface area contributed by atoms with Crippen molar-refractivity contribution in [1.29, 1.82) is 0 Å². The summed E-state index contributed by atoms with van der Waals surface area (Å²) >= 11 is 0. The van der Waals surface area contributed by atoms with Gasteiger partial charge in [-0.15, -0.1) is 0 Å². The number of carbonyl (C=O) groups is 2. The van der Waals surface area contributed by atoms with E-state index in [0.717, 1.165) is 43.9 Å². The van der Waals surface area contributed by atoms with Crippen LogP contribution in [0.1, 0.15) is 37.7 Å². The zero-order valence-electron chi connectivity index (χ0n) is 13.9. The summed E-state index contributed by atoms with van der Waals surface area (Å²) in [6.45, 7) is 0.00309. The Kier molecular flexibility index (Phi) is 5.32. The van der Waals surface area contributed by atoms with Crippen molar-refractivity contribution in [2.24, 2.45) is 5.92 Å². The van der Waals surface area contributed by atoms with Crippen LogP contribution < -0.4 is 5.32 Å². The van der Waals surface area contributed by atoms with E-state index in [9.17, 15) is 23.5 Å². The lowest BCUT2D eigenvalue weighted by Gasteiger charge is -2.32. The van der Waals surface area contributed by atoms with Crippen molar-refractivity contribution in [3.63, 3.8) is 0 Å². The lowest BCUT2D eigenvalue weighted by molar-refractivity contribution is -0.143. The van der Waals surface area contributed by atoms with E-state index in [2.05, 4.69) is 5.32 Å². The van der Waals surface area contributed by atoms with Gasteiger partial charge in [-0.1, -0.05) is 12.8 Å². The number of nitrogens with zero attached hydrogens (tertiary/aromatic N) is 1. The summed E-state index contributed by atoms with van der Waals surface area (Å²) < 4.78 is 26.4. The quantitative estimate of drug-likeness (QED) is 0.853. The fraction of sp³-hybridized carbons (Fsp3) is 0.556. The van der Waals surface area contributed by atoms with Crippen molar-refractivity contribution in [3.8, 4) is 0 Å². The van der Waals surface area contributed by atoms with Gasteiger partial charge < -0.3 is 10.4 Å². The minimum Gasteiger partial charge on any atom is -0.480 e. The van der Waals surface area contributed by atoms with Crippen molar-refractivity contribution in [1.82, 2.24) is 10.2 Å². The SMILES string of the molecule is O=C(CN1C(C(=O)O)CC2CCCCC21)NCc1cc(F)cc(F)c1. The summed E-state index contributed by atoms with van der Waals surface area (Å²) in [6.07, 6.45) is 4.67. The largest absolute Gasteiger partial charge is 0.480 e. The molecular formula is C18H22F2N2O3. The van der Waals surface area contributed by atoms with Gasteiger partial charge in [-0.05, 0) is 42.9 Å². The second kappa shape index (κ2) is 7.47. The molecule has 3 rings (SSSR count). The Bertz CT molecular complexity index is 647. The molecule has 7 heteroatoms. The van der Waals surface area contributed by atoms with Crippen LogP contribution in [0, 0.1) is 17.6 Å². The zero-order valence-corrected chi connectivity index (χ0v) is 13.9. The summed E-state index contributed by atoms with van der Waals surface area (Å²) in [6, 6.07) is 2.60. The number of rotatable bonds is 5. The van der Waals surface area contributed by atoms with Crippen LogP contribution in [-0.4, -0.2) is 40.5 Å². The molecule has 1 aliphatic heterocycles. The Morgan fingerprint density at radius 3 is 2.52 bits per heavy atom. The predicted molar refractivity (Wildman–Crippen MR) is 86.7 cm³/mol. The monoisotopic (exact) mass is 352 g/mol. The number of benzene rings is 1. The van der Waals surface area contributed by atoms with Gasteiger partial charge >= 0.3 is 5.97 Å². The van der Waals surface area contributed by atoms with Crippen LogP contribution in [-0.2, 0) is 16.1 Å². The highest BCUT2D eigenvalue weighted by Crippen LogP contribution is 2.39. The molecule has 1 aromatic carbocycles. The molecule has 5 nitrogen and oxygen atoms in total. The van der Waals surface area contributed by atoms with Gasteiger partial charge in [-0.25, -0.2) is 8.78 Å². The molecule has 3 atom stereocenters. The second-order valence-electron chi connectivity index (χ2n) is 6.93. The molecule has 1 aromatic rings. The van der Waals surface area contributed by atoms with Gasteiger partial charge in [-0.2, -0.15) is 0 Å². The molecular weight excluding hydrogens is 330 g/mol. The first-order chi connectivity index (χ1) is 11.9. The maximum atomic E-state index is 13.2. The van der Waals surface area contributed by atoms with Crippen molar-refractivity contribution >= 4 is 11.9 Å². The first-order valence-electron chi connectivity index (χ1n) is 8.64. The Balaban J connectivity index is 1.61. The van der Waals surface area contributed by atoms with E-state index in [4.69, 9.17) is 0 Å². The normalized spacial score (nSPS) is 26.2. The molecule has 1 heterocycles. The maximum Gasteiger partial charge on any atom is 0.320 e. The second-order valence-corrected chi connectivity index (χ2v) is 6.93. The standard InChI is InChI=1S/C18H22F2N2O3/c19-13-5-11(6-14(20)8-13)9-21-17(23)10-22-15-4-2-1-3-12(15)7-16(22)18(24)25/h5-6,8,12,15-16H,1-4,7,9-10H2,(H,21,23)(H,24,25). The van der Waals surface area contributed by atoms with E-state index in [-0.39, 0.29) is 25.0 Å². The number of fused-ring (bicyclic) bond motifs is 1. The van der Waals surface area contributed by atoms with Crippen molar-refractivity contribution in [3.05, 3.63) is 35.4 Å². The topological polar surface area (TPSA) is 69.6 Å². The fourth-order valence-corrected chi connectivity index (χ4v) is 4.16. The molecule has 0 radical (unpaired) electrons. The number of amides is 1. The highest BCUT2D eigenvalue weighted by molar-refractivity contribution is 5.80. The third kappa shape index (κ3) is 4.15. The first kappa shape index (κ1) is 17.8. The number of halogens is 2. The van der Waals surface area contributed by atoms with Gasteiger partial charge in [0.05, 0.1) is 6.54 Å². The molecule has 0 bridgehead atoms. The smallest absolute Gasteiger partial charge is 0.320 e.